The van der Waals surface area contributed by atoms with E-state index in [9.17, 15) is 10.2 Å². The predicted octanol–water partition coefficient (Wildman–Crippen LogP) is 3.49. The molecule has 1 unspecified atom stereocenters. The first-order chi connectivity index (χ1) is 10.7. The molecule has 0 spiro atoms. The van der Waals surface area contributed by atoms with Gasteiger partial charge in [-0.25, -0.2) is 0 Å². The van der Waals surface area contributed by atoms with Crippen molar-refractivity contribution in [3.8, 4) is 11.5 Å². The molecule has 0 saturated carbocycles. The average Bonchev–Trinajstić information content (AvgIpc) is 2.54. The van der Waals surface area contributed by atoms with Gasteiger partial charge in [0.05, 0.1) is 6.04 Å². The number of rotatable bonds is 1. The molecule has 1 aliphatic heterocycles. The Morgan fingerprint density at radius 2 is 1.77 bits per heavy atom. The molecule has 0 aromatic heterocycles. The third-order valence-corrected chi connectivity index (χ3v) is 4.42. The minimum atomic E-state index is -0.0598. The average molecular weight is 291 g/mol. The zero-order valence-corrected chi connectivity index (χ0v) is 12.1. The van der Waals surface area contributed by atoms with Gasteiger partial charge in [0.15, 0.2) is 0 Å². The van der Waals surface area contributed by atoms with Crippen molar-refractivity contribution in [1.29, 1.82) is 0 Å². The second-order valence-corrected chi connectivity index (χ2v) is 5.74. The first-order valence-corrected chi connectivity index (χ1v) is 7.50. The minimum absolute atomic E-state index is 0.0598. The summed E-state index contributed by atoms with van der Waals surface area (Å²) in [5.74, 6) is 0.468. The molecule has 3 N–H and O–H groups in total. The van der Waals surface area contributed by atoms with E-state index in [0.29, 0.717) is 0 Å². The van der Waals surface area contributed by atoms with Gasteiger partial charge in [0.1, 0.15) is 11.5 Å². The number of phenolic OH excluding ortho intramolecular Hbond substituents is 2. The number of benzene rings is 3. The number of hydrogen-bond donors (Lipinski definition) is 3. The van der Waals surface area contributed by atoms with Gasteiger partial charge in [0, 0.05) is 12.1 Å². The number of nitrogens with one attached hydrogen (secondary N) is 1. The van der Waals surface area contributed by atoms with Gasteiger partial charge in [-0.15, -0.1) is 0 Å². The maximum Gasteiger partial charge on any atom is 0.121 e. The largest absolute Gasteiger partial charge is 0.508 e. The Morgan fingerprint density at radius 1 is 0.955 bits per heavy atom. The Hall–Kier alpha value is -2.52. The van der Waals surface area contributed by atoms with Crippen LogP contribution in [-0.4, -0.2) is 16.8 Å². The van der Waals surface area contributed by atoms with E-state index in [1.54, 1.807) is 18.2 Å². The highest BCUT2D eigenvalue weighted by molar-refractivity contribution is 5.89. The molecule has 1 atom stereocenters. The molecule has 3 aromatic carbocycles. The van der Waals surface area contributed by atoms with Crippen molar-refractivity contribution in [1.82, 2.24) is 5.32 Å². The van der Waals surface area contributed by atoms with Gasteiger partial charge in [0.2, 0.25) is 0 Å². The third-order valence-electron chi connectivity index (χ3n) is 4.42. The molecule has 0 saturated heterocycles. The molecule has 0 radical (unpaired) electrons. The summed E-state index contributed by atoms with van der Waals surface area (Å²) in [6.07, 6.45) is 0.990. The molecular formula is C19H17NO2. The highest BCUT2D eigenvalue weighted by Gasteiger charge is 2.25. The topological polar surface area (TPSA) is 52.5 Å². The molecular weight excluding hydrogens is 274 g/mol. The highest BCUT2D eigenvalue weighted by atomic mass is 16.3. The van der Waals surface area contributed by atoms with Gasteiger partial charge in [-0.1, -0.05) is 36.4 Å². The van der Waals surface area contributed by atoms with Crippen molar-refractivity contribution in [3.05, 3.63) is 71.3 Å². The van der Waals surface area contributed by atoms with E-state index in [1.165, 1.54) is 11.1 Å². The van der Waals surface area contributed by atoms with E-state index in [1.807, 2.05) is 18.2 Å². The zero-order valence-electron chi connectivity index (χ0n) is 12.1. The van der Waals surface area contributed by atoms with Crippen LogP contribution in [0.4, 0.5) is 0 Å². The van der Waals surface area contributed by atoms with Gasteiger partial charge in [-0.05, 0) is 46.5 Å². The maximum absolute atomic E-state index is 10.5. The Kier molecular flexibility index (Phi) is 3.01. The van der Waals surface area contributed by atoms with Crippen molar-refractivity contribution in [2.45, 2.75) is 12.5 Å². The van der Waals surface area contributed by atoms with Crippen LogP contribution in [0.15, 0.2) is 54.6 Å². The number of phenols is 2. The van der Waals surface area contributed by atoms with Gasteiger partial charge in [-0.3, -0.25) is 0 Å². The fourth-order valence-corrected chi connectivity index (χ4v) is 3.38. The number of hydrogen-bond acceptors (Lipinski definition) is 3. The van der Waals surface area contributed by atoms with E-state index in [4.69, 9.17) is 0 Å². The van der Waals surface area contributed by atoms with Crippen LogP contribution in [0.2, 0.25) is 0 Å². The highest BCUT2D eigenvalue weighted by Crippen LogP contribution is 2.39. The summed E-state index contributed by atoms with van der Waals surface area (Å²) in [7, 11) is 0. The summed E-state index contributed by atoms with van der Waals surface area (Å²) in [6.45, 7) is 0.871. The fraction of sp³-hybridized carbons (Fsp3) is 0.158. The number of fused-ring (bicyclic) bond motifs is 2. The lowest BCUT2D eigenvalue weighted by molar-refractivity contribution is 0.455. The predicted molar refractivity (Wildman–Crippen MR) is 87.3 cm³/mol. The summed E-state index contributed by atoms with van der Waals surface area (Å²) in [5.41, 5.74) is 3.34. The first-order valence-electron chi connectivity index (χ1n) is 7.50. The van der Waals surface area contributed by atoms with Crippen LogP contribution in [0.1, 0.15) is 22.7 Å². The molecule has 4 rings (SSSR count). The standard InChI is InChI=1S/C19H17NO2/c21-14-7-5-13-6-8-17(22)18(16(13)11-14)19-15-4-2-1-3-12(15)9-10-20-19/h1-8,11,19-22H,9-10H2. The monoisotopic (exact) mass is 291 g/mol. The molecule has 0 fully saturated rings. The second-order valence-electron chi connectivity index (χ2n) is 5.74. The summed E-state index contributed by atoms with van der Waals surface area (Å²) >= 11 is 0. The molecule has 0 bridgehead atoms. The molecule has 3 heteroatoms. The molecule has 0 aliphatic carbocycles. The summed E-state index contributed by atoms with van der Waals surface area (Å²) in [5, 5.41) is 25.7. The van der Waals surface area contributed by atoms with E-state index in [2.05, 4.69) is 23.5 Å². The SMILES string of the molecule is Oc1ccc2ccc(O)c(C3NCCc4ccccc43)c2c1. The summed E-state index contributed by atoms with van der Waals surface area (Å²) in [4.78, 5) is 0. The van der Waals surface area contributed by atoms with Crippen LogP contribution >= 0.6 is 0 Å². The quantitative estimate of drug-likeness (QED) is 0.643. The van der Waals surface area contributed by atoms with Gasteiger partial charge in [0.25, 0.3) is 0 Å². The maximum atomic E-state index is 10.5. The van der Waals surface area contributed by atoms with E-state index >= 15 is 0 Å². The smallest absolute Gasteiger partial charge is 0.121 e. The second kappa shape index (κ2) is 5.04. The molecule has 3 aromatic rings. The van der Waals surface area contributed by atoms with E-state index in [0.717, 1.165) is 29.3 Å². The Morgan fingerprint density at radius 3 is 2.68 bits per heavy atom. The molecule has 110 valence electrons. The first kappa shape index (κ1) is 13.2. The normalized spacial score (nSPS) is 17.4. The Labute approximate surface area is 128 Å². The van der Waals surface area contributed by atoms with Crippen LogP contribution < -0.4 is 5.32 Å². The molecule has 0 amide bonds. The van der Waals surface area contributed by atoms with Crippen molar-refractivity contribution < 1.29 is 10.2 Å². The van der Waals surface area contributed by atoms with Crippen molar-refractivity contribution in [2.24, 2.45) is 0 Å². The summed E-state index contributed by atoms with van der Waals surface area (Å²) < 4.78 is 0. The van der Waals surface area contributed by atoms with Crippen molar-refractivity contribution in [2.75, 3.05) is 6.54 Å². The van der Waals surface area contributed by atoms with Crippen LogP contribution in [0, 0.1) is 0 Å². The van der Waals surface area contributed by atoms with Crippen molar-refractivity contribution >= 4 is 10.8 Å². The van der Waals surface area contributed by atoms with Crippen LogP contribution in [0.25, 0.3) is 10.8 Å². The third kappa shape index (κ3) is 2.02. The Bertz CT molecular complexity index is 852. The van der Waals surface area contributed by atoms with Gasteiger partial charge in [-0.2, -0.15) is 0 Å². The van der Waals surface area contributed by atoms with E-state index < -0.39 is 0 Å². The fourth-order valence-electron chi connectivity index (χ4n) is 3.38. The molecule has 1 aliphatic rings. The summed E-state index contributed by atoms with van der Waals surface area (Å²) in [6, 6.07) is 17.1. The molecule has 1 heterocycles. The number of aromatic hydroxyl groups is 2. The van der Waals surface area contributed by atoms with Gasteiger partial charge < -0.3 is 15.5 Å². The lowest BCUT2D eigenvalue weighted by atomic mass is 9.87. The van der Waals surface area contributed by atoms with Gasteiger partial charge >= 0.3 is 0 Å². The lowest BCUT2D eigenvalue weighted by Crippen LogP contribution is -2.30. The minimum Gasteiger partial charge on any atom is -0.508 e. The van der Waals surface area contributed by atoms with Crippen LogP contribution in [0.3, 0.4) is 0 Å². The van der Waals surface area contributed by atoms with Crippen LogP contribution in [0.5, 0.6) is 11.5 Å². The lowest BCUT2D eigenvalue weighted by Gasteiger charge is -2.28. The molecule has 3 nitrogen and oxygen atoms in total. The molecule has 22 heavy (non-hydrogen) atoms. The zero-order chi connectivity index (χ0) is 15.1. The van der Waals surface area contributed by atoms with Crippen molar-refractivity contribution in [3.63, 3.8) is 0 Å². The van der Waals surface area contributed by atoms with Crippen LogP contribution in [-0.2, 0) is 6.42 Å². The van der Waals surface area contributed by atoms with E-state index in [-0.39, 0.29) is 17.5 Å². The Balaban J connectivity index is 1.99.